The predicted octanol–water partition coefficient (Wildman–Crippen LogP) is 2.87. The molecule has 2 aliphatic rings. The fourth-order valence-electron chi connectivity index (χ4n) is 3.50. The fourth-order valence-corrected chi connectivity index (χ4v) is 3.50. The van der Waals surface area contributed by atoms with Crippen molar-refractivity contribution in [1.82, 2.24) is 0 Å². The van der Waals surface area contributed by atoms with Gasteiger partial charge in [0.2, 0.25) is 0 Å². The van der Waals surface area contributed by atoms with Crippen LogP contribution in [0.1, 0.15) is 36.8 Å². The number of hydrogen-bond donors (Lipinski definition) is 1. The highest BCUT2D eigenvalue weighted by molar-refractivity contribution is 5.71. The van der Waals surface area contributed by atoms with Crippen molar-refractivity contribution in [3.63, 3.8) is 0 Å². The summed E-state index contributed by atoms with van der Waals surface area (Å²) < 4.78 is 0. The molecule has 1 aliphatic carbocycles. The molecule has 1 fully saturated rings. The standard InChI is InChI=1S/C16H21NO2/c18-16(19)10-13-5-6-15-14(9-13)7-8-17(15)11-12-3-1-2-4-12/h5-6,9,12H,1-4,7-8,10-11H2,(H,18,19). The van der Waals surface area contributed by atoms with E-state index in [9.17, 15) is 4.79 Å². The van der Waals surface area contributed by atoms with Gasteiger partial charge in [0.1, 0.15) is 0 Å². The zero-order valence-electron chi connectivity index (χ0n) is 11.3. The van der Waals surface area contributed by atoms with Crippen LogP contribution in [0.2, 0.25) is 0 Å². The van der Waals surface area contributed by atoms with Crippen LogP contribution in [0, 0.1) is 5.92 Å². The first kappa shape index (κ1) is 12.5. The quantitative estimate of drug-likeness (QED) is 0.904. The van der Waals surface area contributed by atoms with Crippen molar-refractivity contribution < 1.29 is 9.90 Å². The van der Waals surface area contributed by atoms with Gasteiger partial charge in [-0.15, -0.1) is 0 Å². The molecule has 1 aromatic carbocycles. The van der Waals surface area contributed by atoms with Gasteiger partial charge < -0.3 is 10.0 Å². The molecule has 3 nitrogen and oxygen atoms in total. The molecule has 0 bridgehead atoms. The lowest BCUT2D eigenvalue weighted by atomic mass is 10.1. The Bertz CT molecular complexity index is 478. The summed E-state index contributed by atoms with van der Waals surface area (Å²) in [6, 6.07) is 6.17. The molecule has 0 atom stereocenters. The van der Waals surface area contributed by atoms with Gasteiger partial charge in [-0.25, -0.2) is 0 Å². The summed E-state index contributed by atoms with van der Waals surface area (Å²) in [5, 5.41) is 8.85. The third-order valence-electron chi connectivity index (χ3n) is 4.44. The average molecular weight is 259 g/mol. The van der Waals surface area contributed by atoms with E-state index < -0.39 is 5.97 Å². The third-order valence-corrected chi connectivity index (χ3v) is 4.44. The molecule has 3 rings (SSSR count). The van der Waals surface area contributed by atoms with Crippen LogP contribution < -0.4 is 4.90 Å². The van der Waals surface area contributed by atoms with Crippen molar-refractivity contribution in [2.24, 2.45) is 5.92 Å². The minimum Gasteiger partial charge on any atom is -0.481 e. The Hall–Kier alpha value is -1.51. The molecule has 0 saturated heterocycles. The molecule has 1 aliphatic heterocycles. The highest BCUT2D eigenvalue weighted by Gasteiger charge is 2.24. The fraction of sp³-hybridized carbons (Fsp3) is 0.562. The van der Waals surface area contributed by atoms with Crippen molar-refractivity contribution in [1.29, 1.82) is 0 Å². The summed E-state index contributed by atoms with van der Waals surface area (Å²) in [5.41, 5.74) is 3.59. The molecule has 0 radical (unpaired) electrons. The van der Waals surface area contributed by atoms with E-state index in [0.29, 0.717) is 0 Å². The van der Waals surface area contributed by atoms with Crippen LogP contribution in [0.5, 0.6) is 0 Å². The predicted molar refractivity (Wildman–Crippen MR) is 75.7 cm³/mol. The lowest BCUT2D eigenvalue weighted by Crippen LogP contribution is -2.26. The molecule has 102 valence electrons. The van der Waals surface area contributed by atoms with Gasteiger partial charge in [0.05, 0.1) is 6.42 Å². The van der Waals surface area contributed by atoms with Crippen molar-refractivity contribution in [3.8, 4) is 0 Å². The van der Waals surface area contributed by atoms with Crippen LogP contribution in [0.25, 0.3) is 0 Å². The van der Waals surface area contributed by atoms with Crippen molar-refractivity contribution in [2.75, 3.05) is 18.0 Å². The number of anilines is 1. The lowest BCUT2D eigenvalue weighted by molar-refractivity contribution is -0.136. The normalized spacial score (nSPS) is 18.8. The van der Waals surface area contributed by atoms with E-state index in [1.54, 1.807) is 0 Å². The summed E-state index contributed by atoms with van der Waals surface area (Å²) in [7, 11) is 0. The average Bonchev–Trinajstić information content (AvgIpc) is 2.99. The zero-order valence-corrected chi connectivity index (χ0v) is 11.3. The van der Waals surface area contributed by atoms with Crippen LogP contribution in [-0.4, -0.2) is 24.2 Å². The molecular formula is C16H21NO2. The van der Waals surface area contributed by atoms with Crippen molar-refractivity contribution >= 4 is 11.7 Å². The van der Waals surface area contributed by atoms with Gasteiger partial charge in [-0.2, -0.15) is 0 Å². The van der Waals surface area contributed by atoms with E-state index >= 15 is 0 Å². The number of fused-ring (bicyclic) bond motifs is 1. The Kier molecular flexibility index (Phi) is 3.45. The first-order chi connectivity index (χ1) is 9.22. The summed E-state index contributed by atoms with van der Waals surface area (Å²) in [6.07, 6.45) is 6.74. The Balaban J connectivity index is 1.71. The van der Waals surface area contributed by atoms with E-state index in [2.05, 4.69) is 17.0 Å². The van der Waals surface area contributed by atoms with Crippen LogP contribution in [0.3, 0.4) is 0 Å². The van der Waals surface area contributed by atoms with Crippen LogP contribution in [0.15, 0.2) is 18.2 Å². The summed E-state index contributed by atoms with van der Waals surface area (Å²) >= 11 is 0. The van der Waals surface area contributed by atoms with E-state index in [1.807, 2.05) is 6.07 Å². The van der Waals surface area contributed by atoms with Gasteiger partial charge in [0.25, 0.3) is 0 Å². The number of carboxylic acids is 1. The number of rotatable bonds is 4. The first-order valence-corrected chi connectivity index (χ1v) is 7.31. The molecule has 0 amide bonds. The zero-order chi connectivity index (χ0) is 13.2. The van der Waals surface area contributed by atoms with Crippen LogP contribution in [-0.2, 0) is 17.6 Å². The third kappa shape index (κ3) is 2.75. The molecular weight excluding hydrogens is 238 g/mol. The molecule has 1 heterocycles. The second-order valence-electron chi connectivity index (χ2n) is 5.88. The molecule has 1 N–H and O–H groups in total. The van der Waals surface area contributed by atoms with Crippen LogP contribution >= 0.6 is 0 Å². The maximum atomic E-state index is 10.8. The molecule has 19 heavy (non-hydrogen) atoms. The van der Waals surface area contributed by atoms with Crippen molar-refractivity contribution in [2.45, 2.75) is 38.5 Å². The summed E-state index contributed by atoms with van der Waals surface area (Å²) in [6.45, 7) is 2.29. The highest BCUT2D eigenvalue weighted by Crippen LogP contribution is 2.33. The molecule has 1 saturated carbocycles. The largest absolute Gasteiger partial charge is 0.481 e. The number of hydrogen-bond acceptors (Lipinski definition) is 2. The molecule has 0 unspecified atom stereocenters. The lowest BCUT2D eigenvalue weighted by Gasteiger charge is -2.23. The SMILES string of the molecule is O=C(O)Cc1ccc2c(c1)CCN2CC1CCCC1. The second kappa shape index (κ2) is 5.24. The van der Waals surface area contributed by atoms with Gasteiger partial charge >= 0.3 is 5.97 Å². The number of aliphatic carboxylic acids is 1. The van der Waals surface area contributed by atoms with Gasteiger partial charge in [0, 0.05) is 18.8 Å². The minimum absolute atomic E-state index is 0.135. The van der Waals surface area contributed by atoms with E-state index in [4.69, 9.17) is 5.11 Å². The number of benzene rings is 1. The van der Waals surface area contributed by atoms with E-state index in [-0.39, 0.29) is 6.42 Å². The van der Waals surface area contributed by atoms with Gasteiger partial charge in [-0.3, -0.25) is 4.79 Å². The second-order valence-corrected chi connectivity index (χ2v) is 5.88. The van der Waals surface area contributed by atoms with Crippen LogP contribution in [0.4, 0.5) is 5.69 Å². The molecule has 0 aromatic heterocycles. The molecule has 0 spiro atoms. The Morgan fingerprint density at radius 2 is 2.11 bits per heavy atom. The molecule has 3 heteroatoms. The molecule has 1 aromatic rings. The number of carbonyl (C=O) groups is 1. The number of nitrogens with zero attached hydrogens (tertiary/aromatic N) is 1. The topological polar surface area (TPSA) is 40.5 Å². The summed E-state index contributed by atoms with van der Waals surface area (Å²) in [4.78, 5) is 13.2. The monoisotopic (exact) mass is 259 g/mol. The van der Waals surface area contributed by atoms with E-state index in [1.165, 1.54) is 43.5 Å². The highest BCUT2D eigenvalue weighted by atomic mass is 16.4. The number of carboxylic acid groups (broad SMARTS) is 1. The smallest absolute Gasteiger partial charge is 0.307 e. The Morgan fingerprint density at radius 1 is 1.32 bits per heavy atom. The van der Waals surface area contributed by atoms with Gasteiger partial charge in [-0.05, 0) is 42.4 Å². The minimum atomic E-state index is -0.749. The summed E-state index contributed by atoms with van der Waals surface area (Å²) in [5.74, 6) is 0.116. The first-order valence-electron chi connectivity index (χ1n) is 7.31. The Labute approximate surface area is 114 Å². The van der Waals surface area contributed by atoms with Gasteiger partial charge in [0.15, 0.2) is 0 Å². The Morgan fingerprint density at radius 3 is 2.84 bits per heavy atom. The maximum absolute atomic E-state index is 10.8. The van der Waals surface area contributed by atoms with Crippen molar-refractivity contribution in [3.05, 3.63) is 29.3 Å². The van der Waals surface area contributed by atoms with Gasteiger partial charge in [-0.1, -0.05) is 25.0 Å². The maximum Gasteiger partial charge on any atom is 0.307 e. The van der Waals surface area contributed by atoms with E-state index in [0.717, 1.165) is 24.4 Å².